The number of hydrogen-bond donors (Lipinski definition) is 26. The maximum absolute atomic E-state index is 12.8. The second kappa shape index (κ2) is 33.9. The van der Waals surface area contributed by atoms with Crippen molar-refractivity contribution in [2.45, 2.75) is 259 Å². The minimum absolute atomic E-state index is 0.762. The fourth-order valence-corrected chi connectivity index (χ4v) is 12.0. The van der Waals surface area contributed by atoms with E-state index in [9.17, 15) is 132 Å². The number of hydrogen-bond acceptors (Lipinski definition) is 41. The molecule has 0 radical (unpaired) electrons. The molecule has 0 aliphatic carbocycles. The topological polar surface area (TPSA) is 682 Å². The predicted octanol–water partition coefficient (Wildman–Crippen LogP) is -18.2. The van der Waals surface area contributed by atoms with Crippen LogP contribution in [0.1, 0.15) is 13.8 Å². The first-order chi connectivity index (χ1) is 44.9. The Kier molecular flexibility index (Phi) is 27.9. The van der Waals surface area contributed by atoms with Gasteiger partial charge in [0.1, 0.15) is 195 Å². The molecule has 8 heterocycles. The van der Waals surface area contributed by atoms with Crippen LogP contribution in [0, 0.1) is 0 Å². The molecule has 0 aromatic rings. The van der Waals surface area contributed by atoms with E-state index in [1.807, 2.05) is 0 Å². The smallest absolute Gasteiger partial charge is 0.217 e. The third-order valence-electron chi connectivity index (χ3n) is 17.4. The highest BCUT2D eigenvalue weighted by Crippen LogP contribution is 2.37. The average molecular weight is 1400 g/mol. The van der Waals surface area contributed by atoms with Gasteiger partial charge in [0.15, 0.2) is 50.3 Å². The van der Waals surface area contributed by atoms with Crippen molar-refractivity contribution >= 4 is 11.8 Å². The number of rotatable bonds is 24. The van der Waals surface area contributed by atoms with E-state index >= 15 is 0 Å². The summed E-state index contributed by atoms with van der Waals surface area (Å²) in [5.41, 5.74) is 0. The molecule has 8 aliphatic heterocycles. The van der Waals surface area contributed by atoms with Crippen LogP contribution in [0.3, 0.4) is 0 Å². The molecular weight excluding hydrogens is 1310 g/mol. The number of carbonyl (C=O) groups is 2. The molecule has 0 bridgehead atoms. The number of aliphatic hydroxyl groups excluding tert-OH is 24. The molecule has 8 rings (SSSR count). The van der Waals surface area contributed by atoms with Gasteiger partial charge in [-0.15, -0.1) is 0 Å². The standard InChI is InChI=1S/C52H88N2O41/c1-11(60)53-21-29(68)41(16(6-58)84-45(21)80)92-46-22(54-12(2)61)30(69)42(17(7-59)88-46)93-52-40(79)44(95-51-38(77)34(73)26(65)18(90-51)8-81-47-35(74)31(70)23(62)13(3-55)85-47)28(67)20(91-52)10-83-49-39(78)43(94-50-37(76)33(72)25(64)15(5-57)87-50)27(66)19(89-49)9-82-48-36(75)32(71)24(63)14(4-56)86-48/h13-52,55-59,62-80H,3-10H2,1-2H3,(H,53,60)(H,54,61)/t13-,14-,15-,16-,17-,18-,19-,20-,21-,22-,23-,24-,25-,26-,27-,28-,29-,30-,31+,32+,33+,34+,35+,36+,37+,38+,39+,40+,41-,42-,43+,44+,45?,46+,47+,48+,49+,50-,51-,52+/m1/s1. The van der Waals surface area contributed by atoms with Crippen LogP contribution < -0.4 is 10.6 Å². The molecule has 43 heteroatoms. The monoisotopic (exact) mass is 1400 g/mol. The lowest BCUT2D eigenvalue weighted by Gasteiger charge is -2.50. The van der Waals surface area contributed by atoms with Gasteiger partial charge < -0.3 is 204 Å². The molecule has 95 heavy (non-hydrogen) atoms. The van der Waals surface area contributed by atoms with Gasteiger partial charge in [-0.1, -0.05) is 0 Å². The Labute approximate surface area is 536 Å². The van der Waals surface area contributed by atoms with Crippen LogP contribution in [0.5, 0.6) is 0 Å². The van der Waals surface area contributed by atoms with E-state index in [0.717, 1.165) is 13.8 Å². The van der Waals surface area contributed by atoms with E-state index in [-0.39, 0.29) is 0 Å². The molecule has 0 saturated carbocycles. The van der Waals surface area contributed by atoms with Crippen LogP contribution in [0.15, 0.2) is 0 Å². The maximum Gasteiger partial charge on any atom is 0.217 e. The molecular formula is C52H88N2O41. The molecule has 0 aromatic heterocycles. The lowest BCUT2D eigenvalue weighted by atomic mass is 9.94. The Bertz CT molecular complexity index is 2380. The molecule has 0 aromatic carbocycles. The van der Waals surface area contributed by atoms with E-state index < -0.39 is 310 Å². The summed E-state index contributed by atoms with van der Waals surface area (Å²) in [6.07, 6.45) is -76.6. The molecule has 8 saturated heterocycles. The minimum atomic E-state index is -2.45. The molecule has 40 atom stereocenters. The Balaban J connectivity index is 1.09. The summed E-state index contributed by atoms with van der Waals surface area (Å²) in [6.45, 7) is -5.90. The van der Waals surface area contributed by atoms with Crippen molar-refractivity contribution in [2.24, 2.45) is 0 Å². The lowest BCUT2D eigenvalue weighted by Crippen LogP contribution is -2.70. The quantitative estimate of drug-likeness (QED) is 0.0427. The van der Waals surface area contributed by atoms with Gasteiger partial charge in [-0.05, 0) is 0 Å². The third-order valence-corrected chi connectivity index (χ3v) is 17.4. The van der Waals surface area contributed by atoms with Gasteiger partial charge in [-0.25, -0.2) is 0 Å². The third kappa shape index (κ3) is 17.1. The Morgan fingerprint density at radius 1 is 0.274 bits per heavy atom. The second-order valence-corrected chi connectivity index (χ2v) is 24.0. The van der Waals surface area contributed by atoms with Crippen molar-refractivity contribution in [3.8, 4) is 0 Å². The SMILES string of the molecule is CC(=O)N[C@H]1[C@H](O[C@H]2[C@H](O)[C@@H](NC(C)=O)C(O)O[C@@H]2CO)O[C@H](CO)[C@@H](O[C@@H]2O[C@H](CO[C@H]3O[C@H](CO[C@H]4O[C@H](CO)[C@@H](O)[C@H](O)[C@@H]4O)[C@@H](O)[C@H](O[C@H]4O[C@H](CO)[C@@H](O)[C@H](O)[C@@H]4O)[C@@H]3O)[C@@H](O)[C@H](O[C@H]3O[C@H](CO[C@H]4O[C@H](CO)[C@@H](O)[C@H](O)[C@@H]4O)[C@@H](O)[C@H](O)[C@@H]3O)[C@@H]2O)[C@@H]1O. The van der Waals surface area contributed by atoms with Crippen molar-refractivity contribution in [1.29, 1.82) is 0 Å². The average Bonchev–Trinajstić information content (AvgIpc) is 0.784. The van der Waals surface area contributed by atoms with Crippen molar-refractivity contribution in [3.05, 3.63) is 0 Å². The van der Waals surface area contributed by atoms with Crippen LogP contribution in [0.25, 0.3) is 0 Å². The fourth-order valence-electron chi connectivity index (χ4n) is 12.0. The molecule has 8 fully saturated rings. The molecule has 1 unspecified atom stereocenters. The number of carbonyl (C=O) groups excluding carboxylic acids is 2. The van der Waals surface area contributed by atoms with Crippen LogP contribution >= 0.6 is 0 Å². The van der Waals surface area contributed by atoms with Gasteiger partial charge in [0, 0.05) is 13.8 Å². The number of nitrogens with one attached hydrogen (secondary N) is 2. The summed E-state index contributed by atoms with van der Waals surface area (Å²) < 4.78 is 86.0. The number of aliphatic hydroxyl groups is 24. The first kappa shape index (κ1) is 78.1. The van der Waals surface area contributed by atoms with Crippen molar-refractivity contribution in [1.82, 2.24) is 10.6 Å². The van der Waals surface area contributed by atoms with Crippen LogP contribution in [0.2, 0.25) is 0 Å². The van der Waals surface area contributed by atoms with Crippen LogP contribution in [-0.4, -0.2) is 433 Å². The number of amides is 2. The molecule has 43 nitrogen and oxygen atoms in total. The van der Waals surface area contributed by atoms with Crippen molar-refractivity contribution < 1.29 is 203 Å². The van der Waals surface area contributed by atoms with Crippen LogP contribution in [0.4, 0.5) is 0 Å². The van der Waals surface area contributed by atoms with Gasteiger partial charge in [-0.3, -0.25) is 9.59 Å². The van der Waals surface area contributed by atoms with Gasteiger partial charge in [0.2, 0.25) is 11.8 Å². The van der Waals surface area contributed by atoms with Gasteiger partial charge in [-0.2, -0.15) is 0 Å². The molecule has 26 N–H and O–H groups in total. The van der Waals surface area contributed by atoms with Gasteiger partial charge in [0.25, 0.3) is 0 Å². The summed E-state index contributed by atoms with van der Waals surface area (Å²) in [6, 6.07) is -3.46. The summed E-state index contributed by atoms with van der Waals surface area (Å²) in [5, 5.41) is 265. The summed E-state index contributed by atoms with van der Waals surface area (Å²) in [7, 11) is 0. The van der Waals surface area contributed by atoms with E-state index in [0.29, 0.717) is 0 Å². The molecule has 0 spiro atoms. The first-order valence-electron chi connectivity index (χ1n) is 30.1. The first-order valence-corrected chi connectivity index (χ1v) is 30.1. The highest BCUT2D eigenvalue weighted by Gasteiger charge is 2.59. The van der Waals surface area contributed by atoms with E-state index in [4.69, 9.17) is 71.1 Å². The Morgan fingerprint density at radius 2 is 0.537 bits per heavy atom. The van der Waals surface area contributed by atoms with Gasteiger partial charge in [0.05, 0.1) is 52.9 Å². The zero-order valence-electron chi connectivity index (χ0n) is 50.4. The molecule has 2 amide bonds. The molecule has 8 aliphatic rings. The lowest BCUT2D eigenvalue weighted by molar-refractivity contribution is -0.389. The fraction of sp³-hybridized carbons (Fsp3) is 0.962. The van der Waals surface area contributed by atoms with Crippen molar-refractivity contribution in [3.63, 3.8) is 0 Å². The van der Waals surface area contributed by atoms with E-state index in [1.165, 1.54) is 0 Å². The zero-order valence-corrected chi connectivity index (χ0v) is 50.4. The minimum Gasteiger partial charge on any atom is -0.394 e. The van der Waals surface area contributed by atoms with Crippen molar-refractivity contribution in [2.75, 3.05) is 52.9 Å². The summed E-state index contributed by atoms with van der Waals surface area (Å²) >= 11 is 0. The van der Waals surface area contributed by atoms with E-state index in [1.54, 1.807) is 0 Å². The number of ether oxygens (including phenoxy) is 15. The van der Waals surface area contributed by atoms with Gasteiger partial charge >= 0.3 is 0 Å². The normalized spacial score (nSPS) is 50.8. The highest BCUT2D eigenvalue weighted by molar-refractivity contribution is 5.73. The summed E-state index contributed by atoms with van der Waals surface area (Å²) in [4.78, 5) is 24.8. The highest BCUT2D eigenvalue weighted by atomic mass is 16.8. The predicted molar refractivity (Wildman–Crippen MR) is 288 cm³/mol. The Morgan fingerprint density at radius 3 is 0.937 bits per heavy atom. The van der Waals surface area contributed by atoms with E-state index in [2.05, 4.69) is 10.6 Å². The van der Waals surface area contributed by atoms with Crippen LogP contribution in [-0.2, 0) is 80.6 Å². The largest absolute Gasteiger partial charge is 0.394 e. The summed E-state index contributed by atoms with van der Waals surface area (Å²) in [5.74, 6) is -1.67. The zero-order chi connectivity index (χ0) is 69.9. The second-order valence-electron chi connectivity index (χ2n) is 24.0. The Hall–Kier alpha value is -2.62. The molecule has 552 valence electrons. The maximum atomic E-state index is 12.8.